The first kappa shape index (κ1) is 19.1. The molecule has 1 fully saturated rings. The maximum Gasteiger partial charge on any atom is 0.333 e. The number of nitriles is 1. The number of hydrogen-bond donors (Lipinski definition) is 0. The van der Waals surface area contributed by atoms with E-state index in [0.717, 1.165) is 0 Å². The molecular formula is C14H23FNO5P. The molecule has 0 aliphatic heterocycles. The molecule has 1 aliphatic carbocycles. The molecular weight excluding hydrogens is 312 g/mol. The second-order valence-corrected chi connectivity index (χ2v) is 8.32. The van der Waals surface area contributed by atoms with Gasteiger partial charge in [0.05, 0.1) is 25.4 Å². The van der Waals surface area contributed by atoms with Crippen LogP contribution in [-0.2, 0) is 23.1 Å². The van der Waals surface area contributed by atoms with Gasteiger partial charge < -0.3 is 13.8 Å². The predicted molar refractivity (Wildman–Crippen MR) is 78.1 cm³/mol. The first-order chi connectivity index (χ1) is 9.97. The van der Waals surface area contributed by atoms with Crippen LogP contribution in [0.5, 0.6) is 0 Å². The van der Waals surface area contributed by atoms with Crippen molar-refractivity contribution in [1.82, 2.24) is 0 Å². The molecule has 1 saturated carbocycles. The van der Waals surface area contributed by atoms with Gasteiger partial charge in [0, 0.05) is 6.42 Å². The molecule has 0 aromatic carbocycles. The molecule has 0 amide bonds. The Morgan fingerprint density at radius 2 is 1.82 bits per heavy atom. The Bertz CT molecular complexity index is 516. The van der Waals surface area contributed by atoms with Gasteiger partial charge in [0.1, 0.15) is 5.60 Å². The molecule has 0 aromatic heterocycles. The minimum absolute atomic E-state index is 0.0827. The Morgan fingerprint density at radius 1 is 1.32 bits per heavy atom. The third kappa shape index (κ3) is 3.87. The van der Waals surface area contributed by atoms with Gasteiger partial charge in [-0.25, -0.2) is 4.39 Å². The summed E-state index contributed by atoms with van der Waals surface area (Å²) in [5.74, 6) is -0.940. The highest BCUT2D eigenvalue weighted by Gasteiger charge is 2.78. The summed E-state index contributed by atoms with van der Waals surface area (Å²) in [6.07, 6.45) is -0.996. The highest BCUT2D eigenvalue weighted by Crippen LogP contribution is 2.67. The van der Waals surface area contributed by atoms with Crippen molar-refractivity contribution in [2.75, 3.05) is 19.4 Å². The molecule has 22 heavy (non-hydrogen) atoms. The van der Waals surface area contributed by atoms with E-state index < -0.39 is 36.4 Å². The molecule has 0 radical (unpaired) electrons. The second-order valence-electron chi connectivity index (χ2n) is 6.27. The fraction of sp³-hybridized carbons (Fsp3) is 0.857. The van der Waals surface area contributed by atoms with Gasteiger partial charge in [0.25, 0.3) is 0 Å². The molecule has 6 nitrogen and oxygen atoms in total. The number of esters is 1. The van der Waals surface area contributed by atoms with Crippen LogP contribution in [0.15, 0.2) is 0 Å². The van der Waals surface area contributed by atoms with Crippen molar-refractivity contribution in [3.8, 4) is 6.07 Å². The van der Waals surface area contributed by atoms with Gasteiger partial charge >= 0.3 is 13.6 Å². The molecule has 0 saturated heterocycles. The molecule has 2 unspecified atom stereocenters. The topological polar surface area (TPSA) is 85.6 Å². The molecule has 0 aromatic rings. The standard InChI is InChI=1S/C14H23FNO5P/c1-6-19-22(18,20-7-2)10-14(15)8-13(14,9-16)11(17)21-12(3,4)5/h6-8,10H2,1-5H3. The Morgan fingerprint density at radius 3 is 2.18 bits per heavy atom. The lowest BCUT2D eigenvalue weighted by atomic mass is 10.1. The quantitative estimate of drug-likeness (QED) is 0.524. The van der Waals surface area contributed by atoms with Gasteiger partial charge in [-0.05, 0) is 34.6 Å². The second kappa shape index (κ2) is 6.27. The zero-order chi connectivity index (χ0) is 17.2. The summed E-state index contributed by atoms with van der Waals surface area (Å²) in [5.41, 5.74) is -5.04. The van der Waals surface area contributed by atoms with E-state index in [9.17, 15) is 19.0 Å². The number of rotatable bonds is 7. The van der Waals surface area contributed by atoms with E-state index in [-0.39, 0.29) is 19.6 Å². The van der Waals surface area contributed by atoms with Crippen LogP contribution in [0.3, 0.4) is 0 Å². The number of carbonyl (C=O) groups excluding carboxylic acids is 1. The highest BCUT2D eigenvalue weighted by atomic mass is 31.2. The van der Waals surface area contributed by atoms with Crippen LogP contribution in [0.2, 0.25) is 0 Å². The van der Waals surface area contributed by atoms with Crippen LogP contribution >= 0.6 is 7.60 Å². The number of carbonyl (C=O) groups is 1. The predicted octanol–water partition coefficient (Wildman–Crippen LogP) is 3.22. The van der Waals surface area contributed by atoms with E-state index in [1.807, 2.05) is 0 Å². The van der Waals surface area contributed by atoms with Crippen molar-refractivity contribution in [2.45, 2.75) is 52.3 Å². The highest BCUT2D eigenvalue weighted by molar-refractivity contribution is 7.54. The normalized spacial score (nSPS) is 28.0. The van der Waals surface area contributed by atoms with Crippen molar-refractivity contribution < 1.29 is 27.5 Å². The first-order valence-corrected chi connectivity index (χ1v) is 8.92. The van der Waals surface area contributed by atoms with Crippen molar-refractivity contribution in [3.05, 3.63) is 0 Å². The molecule has 8 heteroatoms. The van der Waals surface area contributed by atoms with Gasteiger partial charge in [-0.1, -0.05) is 0 Å². The summed E-state index contributed by atoms with van der Waals surface area (Å²) in [4.78, 5) is 12.1. The van der Waals surface area contributed by atoms with Crippen molar-refractivity contribution >= 4 is 13.6 Å². The SMILES string of the molecule is CCOP(=O)(CC1(F)CC1(C#N)C(=O)OC(C)(C)C)OCC. The van der Waals surface area contributed by atoms with E-state index >= 15 is 0 Å². The van der Waals surface area contributed by atoms with E-state index in [0.29, 0.717) is 0 Å². The van der Waals surface area contributed by atoms with Crippen LogP contribution in [0.25, 0.3) is 0 Å². The third-order valence-electron chi connectivity index (χ3n) is 3.22. The van der Waals surface area contributed by atoms with E-state index in [2.05, 4.69) is 0 Å². The maximum absolute atomic E-state index is 14.9. The van der Waals surface area contributed by atoms with Crippen LogP contribution in [0, 0.1) is 16.7 Å². The Balaban J connectivity index is 2.95. The molecule has 1 rings (SSSR count). The summed E-state index contributed by atoms with van der Waals surface area (Å²) in [7, 11) is -3.70. The third-order valence-corrected chi connectivity index (χ3v) is 5.41. The van der Waals surface area contributed by atoms with E-state index in [4.69, 9.17) is 13.8 Å². The number of alkyl halides is 1. The average molecular weight is 335 g/mol. The summed E-state index contributed by atoms with van der Waals surface area (Å²) >= 11 is 0. The number of hydrogen-bond acceptors (Lipinski definition) is 6. The Kier molecular flexibility index (Phi) is 5.44. The minimum atomic E-state index is -3.70. The fourth-order valence-electron chi connectivity index (χ4n) is 2.20. The van der Waals surface area contributed by atoms with Crippen molar-refractivity contribution in [1.29, 1.82) is 5.26 Å². The maximum atomic E-state index is 14.9. The van der Waals surface area contributed by atoms with Gasteiger partial charge in [-0.15, -0.1) is 0 Å². The lowest BCUT2D eigenvalue weighted by molar-refractivity contribution is -0.160. The lowest BCUT2D eigenvalue weighted by Crippen LogP contribution is -2.34. The summed E-state index contributed by atoms with van der Waals surface area (Å²) in [5, 5.41) is 9.25. The largest absolute Gasteiger partial charge is 0.459 e. The molecule has 0 spiro atoms. The minimum Gasteiger partial charge on any atom is -0.459 e. The molecule has 1 aliphatic rings. The summed E-state index contributed by atoms with van der Waals surface area (Å²) in [6.45, 7) is 8.26. The van der Waals surface area contributed by atoms with Gasteiger partial charge in [0.15, 0.2) is 11.1 Å². The monoisotopic (exact) mass is 335 g/mol. The van der Waals surface area contributed by atoms with E-state index in [1.54, 1.807) is 40.7 Å². The van der Waals surface area contributed by atoms with E-state index in [1.165, 1.54) is 0 Å². The summed E-state index contributed by atoms with van der Waals surface area (Å²) < 4.78 is 42.6. The molecule has 0 heterocycles. The molecule has 0 N–H and O–H groups in total. The average Bonchev–Trinajstić information content (AvgIpc) is 2.93. The molecule has 0 bridgehead atoms. The zero-order valence-corrected chi connectivity index (χ0v) is 14.5. The molecule has 2 atom stereocenters. The van der Waals surface area contributed by atoms with Gasteiger partial charge in [-0.2, -0.15) is 5.26 Å². The van der Waals surface area contributed by atoms with Gasteiger partial charge in [-0.3, -0.25) is 9.36 Å². The number of nitrogens with zero attached hydrogens (tertiary/aromatic N) is 1. The van der Waals surface area contributed by atoms with Crippen LogP contribution < -0.4 is 0 Å². The summed E-state index contributed by atoms with van der Waals surface area (Å²) in [6, 6.07) is 1.69. The lowest BCUT2D eigenvalue weighted by Gasteiger charge is -2.23. The van der Waals surface area contributed by atoms with Crippen molar-refractivity contribution in [2.24, 2.45) is 5.41 Å². The smallest absolute Gasteiger partial charge is 0.333 e. The zero-order valence-electron chi connectivity index (χ0n) is 13.6. The first-order valence-electron chi connectivity index (χ1n) is 7.19. The number of halogens is 1. The molecule has 126 valence electrons. The van der Waals surface area contributed by atoms with Crippen LogP contribution in [0.1, 0.15) is 41.0 Å². The fourth-order valence-corrected chi connectivity index (χ4v) is 4.24. The van der Waals surface area contributed by atoms with Crippen LogP contribution in [-0.4, -0.2) is 36.6 Å². The van der Waals surface area contributed by atoms with Gasteiger partial charge in [0.2, 0.25) is 0 Å². The Hall–Kier alpha value is -0.960. The number of ether oxygens (including phenoxy) is 1. The Labute approximate surface area is 130 Å². The van der Waals surface area contributed by atoms with Crippen LogP contribution in [0.4, 0.5) is 4.39 Å². The van der Waals surface area contributed by atoms with Crippen molar-refractivity contribution in [3.63, 3.8) is 0 Å².